The number of ether oxygens (including phenoxy) is 5. The van der Waals surface area contributed by atoms with Crippen LogP contribution >= 0.6 is 15.9 Å². The molecule has 0 saturated heterocycles. The average Bonchev–Trinajstić information content (AvgIpc) is 1.61. The minimum Gasteiger partial charge on any atom is -0.481 e. The van der Waals surface area contributed by atoms with Crippen LogP contribution in [0.4, 0.5) is 13.2 Å². The van der Waals surface area contributed by atoms with Gasteiger partial charge in [0.15, 0.2) is 29.5 Å². The molecule has 31 heteroatoms. The van der Waals surface area contributed by atoms with Crippen molar-refractivity contribution < 1.29 is 82.5 Å². The number of alkyl halides is 2. The van der Waals surface area contributed by atoms with Crippen LogP contribution in [0.25, 0.3) is 88.1 Å². The quantitative estimate of drug-likeness (QED) is 0.0413. The Balaban J connectivity index is 0.000000143. The van der Waals surface area contributed by atoms with Gasteiger partial charge in [0.1, 0.15) is 11.6 Å². The van der Waals surface area contributed by atoms with E-state index < -0.39 is 35.6 Å². The zero-order valence-corrected chi connectivity index (χ0v) is 72.9. The van der Waals surface area contributed by atoms with Gasteiger partial charge in [-0.1, -0.05) is 82.7 Å². The molecule has 642 valence electrons. The summed E-state index contributed by atoms with van der Waals surface area (Å²) < 4.78 is 148. The van der Waals surface area contributed by atoms with Gasteiger partial charge >= 0.3 is 6.11 Å². The number of hydrogen-bond donors (Lipinski definition) is 4. The number of rotatable bonds is 25. The number of fused-ring (bicyclic) bond motifs is 4. The van der Waals surface area contributed by atoms with E-state index in [1.807, 2.05) is 80.4 Å². The predicted molar refractivity (Wildman–Crippen MR) is 476 cm³/mol. The highest BCUT2D eigenvalue weighted by molar-refractivity contribution is 9.10. The van der Waals surface area contributed by atoms with Crippen LogP contribution in [-0.2, 0) is 82.1 Å². The third-order valence-electron chi connectivity index (χ3n) is 20.7. The molecule has 8 heterocycles. The second kappa shape index (κ2) is 38.4. The van der Waals surface area contributed by atoms with Gasteiger partial charge in [-0.3, -0.25) is 0 Å². The fourth-order valence-electron chi connectivity index (χ4n) is 15.1. The lowest BCUT2D eigenvalue weighted by Crippen LogP contribution is -2.19. The monoisotopic (exact) mass is 1810 g/mol. The molecule has 0 bridgehead atoms. The number of hydrogen-bond acceptors (Lipinski definition) is 20. The number of nitriles is 1. The maximum atomic E-state index is 13.7. The molecule has 8 aromatic carbocycles. The number of aliphatic hydroxyl groups is 4. The largest absolute Gasteiger partial charge is 0.481 e. The van der Waals surface area contributed by atoms with E-state index in [-0.39, 0.29) is 59.2 Å². The van der Waals surface area contributed by atoms with E-state index in [2.05, 4.69) is 58.6 Å². The zero-order valence-electron chi connectivity index (χ0n) is 68.9. The van der Waals surface area contributed by atoms with E-state index in [9.17, 15) is 64.1 Å². The number of nitrogens with zero attached hydrogens (tertiary/aromatic N) is 9. The Hall–Kier alpha value is -13.0. The Morgan fingerprint density at radius 3 is 1.02 bits per heavy atom. The van der Waals surface area contributed by atoms with Crippen LogP contribution in [0.1, 0.15) is 57.5 Å². The highest BCUT2D eigenvalue weighted by Crippen LogP contribution is 2.43. The first-order valence-electron chi connectivity index (χ1n) is 38.6. The minimum atomic E-state index is -3.49. The average molecular weight is 1810 g/mol. The van der Waals surface area contributed by atoms with Crippen molar-refractivity contribution in [2.45, 2.75) is 80.3 Å². The van der Waals surface area contributed by atoms with Gasteiger partial charge in [-0.15, -0.1) is 0 Å². The summed E-state index contributed by atoms with van der Waals surface area (Å²) in [6.07, 6.45) is 6.75. The molecule has 16 rings (SSSR count). The van der Waals surface area contributed by atoms with E-state index in [4.69, 9.17) is 23.7 Å². The van der Waals surface area contributed by atoms with Gasteiger partial charge in [-0.2, -0.15) is 14.0 Å². The Labute approximate surface area is 727 Å². The summed E-state index contributed by atoms with van der Waals surface area (Å²) in [6.45, 7) is 1.37. The van der Waals surface area contributed by atoms with Gasteiger partial charge < -0.3 is 62.4 Å². The topological polar surface area (TPSA) is 325 Å². The Morgan fingerprint density at radius 1 is 0.392 bits per heavy atom. The lowest BCUT2D eigenvalue weighted by atomic mass is 10.0. The van der Waals surface area contributed by atoms with Crippen molar-refractivity contribution in [2.75, 3.05) is 47.2 Å². The van der Waals surface area contributed by atoms with Crippen molar-refractivity contribution in [1.29, 1.82) is 5.26 Å². The summed E-state index contributed by atoms with van der Waals surface area (Å²) in [4.78, 5) is 17.6. The molecule has 0 saturated carbocycles. The fourth-order valence-corrected chi connectivity index (χ4v) is 17.5. The van der Waals surface area contributed by atoms with E-state index in [0.29, 0.717) is 117 Å². The van der Waals surface area contributed by atoms with Crippen molar-refractivity contribution in [3.63, 3.8) is 0 Å². The SMILES string of the molecule is COc1ccc(-c2c(CO)n(Cc3cccc(Br)c3)c3ccc(S(C)(=O)=O)cc23)cn1.COc1ccc(-c2c(CO)n(Cc3cccc(F)c3)c3ccc(S(C)(=O)=O)cc23)cn1.COc1ccc(-c2c(CO)n(Cc3cccc(OC(C)(F)F)c3)c3ccc(S(C)(=O)=O)cc23)cn1.COc1ccc(-c2c(CO)n(Cc3ccccc3)c3ccc(C#N)cc23)cn1. The number of aromatic nitrogens is 8. The number of methoxy groups -OCH3 is 4. The van der Waals surface area contributed by atoms with Crippen LogP contribution in [0.5, 0.6) is 29.3 Å². The Kier molecular flexibility index (Phi) is 27.6. The van der Waals surface area contributed by atoms with Crippen molar-refractivity contribution in [1.82, 2.24) is 38.2 Å². The van der Waals surface area contributed by atoms with Crippen molar-refractivity contribution >= 4 is 89.1 Å². The number of halogens is 4. The second-order valence-corrected chi connectivity index (χ2v) is 36.1. The molecule has 16 aromatic rings. The Morgan fingerprint density at radius 2 is 0.712 bits per heavy atom. The molecule has 0 atom stereocenters. The summed E-state index contributed by atoms with van der Waals surface area (Å²) in [5, 5.41) is 53.5. The summed E-state index contributed by atoms with van der Waals surface area (Å²) in [5.74, 6) is 1.51. The lowest BCUT2D eigenvalue weighted by molar-refractivity contribution is -0.159. The Bertz CT molecular complexity index is 6830. The number of sulfone groups is 3. The van der Waals surface area contributed by atoms with E-state index in [0.717, 1.165) is 88.9 Å². The van der Waals surface area contributed by atoms with Crippen LogP contribution in [0.15, 0.2) is 268 Å². The molecule has 0 unspecified atom stereocenters. The van der Waals surface area contributed by atoms with Crippen LogP contribution in [-0.4, -0.2) is 137 Å². The van der Waals surface area contributed by atoms with Crippen molar-refractivity contribution in [3.8, 4) is 79.8 Å². The van der Waals surface area contributed by atoms with E-state index in [1.54, 1.807) is 148 Å². The molecule has 0 aliphatic carbocycles. The van der Waals surface area contributed by atoms with Crippen LogP contribution in [0, 0.1) is 17.1 Å². The minimum absolute atomic E-state index is 0.0101. The molecule has 8 aromatic heterocycles. The maximum absolute atomic E-state index is 13.7. The highest BCUT2D eigenvalue weighted by atomic mass is 79.9. The van der Waals surface area contributed by atoms with Crippen LogP contribution in [0.3, 0.4) is 0 Å². The summed E-state index contributed by atoms with van der Waals surface area (Å²) in [7, 11) is -4.18. The molecule has 0 radical (unpaired) electrons. The highest BCUT2D eigenvalue weighted by Gasteiger charge is 2.28. The normalized spacial score (nSPS) is 11.6. The molecule has 24 nitrogen and oxygen atoms in total. The second-order valence-electron chi connectivity index (χ2n) is 29.1. The van der Waals surface area contributed by atoms with Gasteiger partial charge in [0.25, 0.3) is 0 Å². The van der Waals surface area contributed by atoms with Gasteiger partial charge in [0.05, 0.1) is 104 Å². The number of benzene rings is 8. The maximum Gasteiger partial charge on any atom is 0.394 e. The predicted octanol–water partition coefficient (Wildman–Crippen LogP) is 17.0. The first-order chi connectivity index (χ1) is 59.9. The molecule has 0 aliphatic heterocycles. The van der Waals surface area contributed by atoms with Gasteiger partial charge in [-0.25, -0.2) is 49.6 Å². The van der Waals surface area contributed by atoms with Crippen molar-refractivity contribution in [3.05, 3.63) is 310 Å². The fraction of sp³-hybridized carbons (Fsp3) is 0.181. The van der Waals surface area contributed by atoms with E-state index in [1.165, 1.54) is 56.9 Å². The first kappa shape index (κ1) is 89.7. The third-order valence-corrected chi connectivity index (χ3v) is 24.6. The summed E-state index contributed by atoms with van der Waals surface area (Å²) in [6, 6.07) is 67.4. The van der Waals surface area contributed by atoms with Gasteiger partial charge in [0.2, 0.25) is 23.5 Å². The standard InChI is InChI=1S/C25H24F2N2O5S.C23H21BrN2O4S.C23H21FN2O4S.C23H19N3O2/c1-25(26,27)34-18-6-4-5-16(11-18)14-29-21-9-8-19(35(3,31)32)12-20(21)24(22(29)15-30)17-7-10-23(33-2)28-13-17;2*1-30-22-9-6-16(12-25-22)23-19-11-18(31(2,28)29)7-8-20(19)26(21(23)14-27)13-15-4-3-5-17(24)10-15;1-28-22-10-8-18(13-25-22)23-19-11-17(12-24)7-9-20(19)26(21(23)15-27)14-16-5-3-2-4-6-16/h4-13,30H,14-15H2,1-3H3;2*3-12,27H,13-14H2,1-2H3;2-11,13,27H,14-15H2,1H3. The molecular weight excluding hydrogens is 1730 g/mol. The van der Waals surface area contributed by atoms with Crippen molar-refractivity contribution in [2.24, 2.45) is 0 Å². The van der Waals surface area contributed by atoms with Gasteiger partial charge in [-0.05, 0) is 156 Å². The third kappa shape index (κ3) is 20.4. The molecule has 0 fully saturated rings. The zero-order chi connectivity index (χ0) is 89.2. The van der Waals surface area contributed by atoms with Gasteiger partial charge in [0, 0.05) is 194 Å². The van der Waals surface area contributed by atoms with E-state index >= 15 is 0 Å². The molecule has 0 aliphatic rings. The number of pyridine rings is 4. The summed E-state index contributed by atoms with van der Waals surface area (Å²) in [5.41, 5.74) is 15.9. The molecule has 0 spiro atoms. The van der Waals surface area contributed by atoms with Crippen LogP contribution < -0.4 is 23.7 Å². The lowest BCUT2D eigenvalue weighted by Gasteiger charge is -2.15. The summed E-state index contributed by atoms with van der Waals surface area (Å²) >= 11 is 3.50. The number of aliphatic hydroxyl groups excluding tert-OH is 4. The molecule has 0 amide bonds. The van der Waals surface area contributed by atoms with Crippen LogP contribution in [0.2, 0.25) is 0 Å². The molecule has 4 N–H and O–H groups in total. The molecular formula is C94H85BrF3N9O15S3. The smallest absolute Gasteiger partial charge is 0.394 e. The molecule has 125 heavy (non-hydrogen) atoms. The first-order valence-corrected chi connectivity index (χ1v) is 45.1.